The van der Waals surface area contributed by atoms with Crippen molar-refractivity contribution < 1.29 is 0 Å². The highest BCUT2D eigenvalue weighted by Crippen LogP contribution is 2.34. The summed E-state index contributed by atoms with van der Waals surface area (Å²) in [6, 6.07) is 8.16. The molecule has 2 nitrogen and oxygen atoms in total. The number of nitrogens with two attached hydrogens (primary N) is 1. The Labute approximate surface area is 105 Å². The average Bonchev–Trinajstić information content (AvgIpc) is 2.61. The van der Waals surface area contributed by atoms with E-state index in [9.17, 15) is 0 Å². The van der Waals surface area contributed by atoms with E-state index in [0.29, 0.717) is 12.1 Å². The quantitative estimate of drug-likeness (QED) is 0.865. The van der Waals surface area contributed by atoms with Crippen molar-refractivity contribution >= 4 is 5.69 Å². The summed E-state index contributed by atoms with van der Waals surface area (Å²) in [6.07, 6.45) is 3.37. The van der Waals surface area contributed by atoms with Crippen LogP contribution in [-0.2, 0) is 12.8 Å². The molecule has 1 atom stereocenters. The van der Waals surface area contributed by atoms with Gasteiger partial charge in [-0.2, -0.15) is 0 Å². The highest BCUT2D eigenvalue weighted by atomic mass is 15.2. The van der Waals surface area contributed by atoms with E-state index >= 15 is 0 Å². The zero-order valence-electron chi connectivity index (χ0n) is 11.2. The normalized spacial score (nSPS) is 18.9. The van der Waals surface area contributed by atoms with Crippen LogP contribution in [0.2, 0.25) is 0 Å². The SMILES string of the molecule is CC(C)N1c2cc(CCCN)ccc2CC1C. The minimum atomic E-state index is 0.580. The van der Waals surface area contributed by atoms with Gasteiger partial charge >= 0.3 is 0 Å². The lowest BCUT2D eigenvalue weighted by Crippen LogP contribution is -2.35. The Morgan fingerprint density at radius 1 is 1.41 bits per heavy atom. The van der Waals surface area contributed by atoms with E-state index in [0.717, 1.165) is 19.4 Å². The summed E-state index contributed by atoms with van der Waals surface area (Å²) >= 11 is 0. The molecule has 0 radical (unpaired) electrons. The molecule has 94 valence electrons. The van der Waals surface area contributed by atoms with Crippen molar-refractivity contribution in [2.24, 2.45) is 5.73 Å². The molecule has 1 heterocycles. The van der Waals surface area contributed by atoms with Crippen molar-refractivity contribution in [1.82, 2.24) is 0 Å². The molecule has 0 saturated carbocycles. The molecule has 1 aliphatic rings. The van der Waals surface area contributed by atoms with Crippen molar-refractivity contribution in [1.29, 1.82) is 0 Å². The number of aryl methyl sites for hydroxylation is 1. The Kier molecular flexibility index (Phi) is 3.72. The molecule has 0 aliphatic carbocycles. The van der Waals surface area contributed by atoms with E-state index in [4.69, 9.17) is 5.73 Å². The average molecular weight is 232 g/mol. The third-order valence-corrected chi connectivity index (χ3v) is 3.64. The van der Waals surface area contributed by atoms with Gasteiger partial charge in [0.25, 0.3) is 0 Å². The first-order valence-electron chi connectivity index (χ1n) is 6.73. The van der Waals surface area contributed by atoms with E-state index in [1.807, 2.05) is 0 Å². The van der Waals surface area contributed by atoms with Crippen LogP contribution in [0.4, 0.5) is 5.69 Å². The van der Waals surface area contributed by atoms with Gasteiger partial charge in [0.15, 0.2) is 0 Å². The fourth-order valence-electron chi connectivity index (χ4n) is 2.93. The third kappa shape index (κ3) is 2.47. The fraction of sp³-hybridized carbons (Fsp3) is 0.600. The topological polar surface area (TPSA) is 29.3 Å². The molecule has 1 unspecified atom stereocenters. The number of nitrogens with zero attached hydrogens (tertiary/aromatic N) is 1. The number of benzene rings is 1. The van der Waals surface area contributed by atoms with Crippen molar-refractivity contribution in [3.8, 4) is 0 Å². The van der Waals surface area contributed by atoms with Gasteiger partial charge < -0.3 is 10.6 Å². The summed E-state index contributed by atoms with van der Waals surface area (Å²) in [5.74, 6) is 0. The highest BCUT2D eigenvalue weighted by molar-refractivity contribution is 5.61. The van der Waals surface area contributed by atoms with Gasteiger partial charge in [0.05, 0.1) is 0 Å². The second-order valence-electron chi connectivity index (χ2n) is 5.41. The predicted molar refractivity (Wildman–Crippen MR) is 74.6 cm³/mol. The molecular weight excluding hydrogens is 208 g/mol. The van der Waals surface area contributed by atoms with Crippen LogP contribution in [0, 0.1) is 0 Å². The monoisotopic (exact) mass is 232 g/mol. The van der Waals surface area contributed by atoms with E-state index < -0.39 is 0 Å². The summed E-state index contributed by atoms with van der Waals surface area (Å²) in [6.45, 7) is 7.65. The molecule has 0 aromatic heterocycles. The zero-order chi connectivity index (χ0) is 12.4. The molecule has 1 aliphatic heterocycles. The highest BCUT2D eigenvalue weighted by Gasteiger charge is 2.27. The molecule has 1 aromatic rings. The van der Waals surface area contributed by atoms with Crippen molar-refractivity contribution in [2.75, 3.05) is 11.4 Å². The van der Waals surface area contributed by atoms with E-state index in [-0.39, 0.29) is 0 Å². The summed E-state index contributed by atoms with van der Waals surface area (Å²) in [4.78, 5) is 2.54. The first-order valence-corrected chi connectivity index (χ1v) is 6.73. The molecule has 2 N–H and O–H groups in total. The summed E-state index contributed by atoms with van der Waals surface area (Å²) < 4.78 is 0. The maximum absolute atomic E-state index is 5.58. The molecule has 0 fully saturated rings. The number of hydrogen-bond acceptors (Lipinski definition) is 2. The van der Waals surface area contributed by atoms with Gasteiger partial charge in [-0.05, 0) is 63.8 Å². The Morgan fingerprint density at radius 3 is 2.82 bits per heavy atom. The van der Waals surface area contributed by atoms with Crippen LogP contribution >= 0.6 is 0 Å². The maximum atomic E-state index is 5.58. The minimum Gasteiger partial charge on any atom is -0.366 e. The van der Waals surface area contributed by atoms with Gasteiger partial charge in [-0.25, -0.2) is 0 Å². The van der Waals surface area contributed by atoms with Crippen LogP contribution in [0.1, 0.15) is 38.3 Å². The van der Waals surface area contributed by atoms with Crippen LogP contribution in [0.3, 0.4) is 0 Å². The fourth-order valence-corrected chi connectivity index (χ4v) is 2.93. The molecule has 2 rings (SSSR count). The second-order valence-corrected chi connectivity index (χ2v) is 5.41. The number of fused-ring (bicyclic) bond motifs is 1. The molecule has 2 heteroatoms. The Balaban J connectivity index is 2.25. The molecule has 0 amide bonds. The summed E-state index contributed by atoms with van der Waals surface area (Å²) in [7, 11) is 0. The maximum Gasteiger partial charge on any atom is 0.0407 e. The first-order chi connectivity index (χ1) is 8.13. The summed E-state index contributed by atoms with van der Waals surface area (Å²) in [5, 5.41) is 0. The number of rotatable bonds is 4. The molecule has 1 aromatic carbocycles. The third-order valence-electron chi connectivity index (χ3n) is 3.64. The predicted octanol–water partition coefficient (Wildman–Crippen LogP) is 2.74. The number of hydrogen-bond donors (Lipinski definition) is 1. The van der Waals surface area contributed by atoms with Crippen LogP contribution < -0.4 is 10.6 Å². The molecule has 0 saturated heterocycles. The lowest BCUT2D eigenvalue weighted by atomic mass is 10.0. The van der Waals surface area contributed by atoms with Gasteiger partial charge in [0.1, 0.15) is 0 Å². The molecule has 17 heavy (non-hydrogen) atoms. The van der Waals surface area contributed by atoms with Crippen LogP contribution in [0.5, 0.6) is 0 Å². The second kappa shape index (κ2) is 5.09. The van der Waals surface area contributed by atoms with Crippen LogP contribution in [-0.4, -0.2) is 18.6 Å². The van der Waals surface area contributed by atoms with Crippen molar-refractivity contribution in [3.63, 3.8) is 0 Å². The van der Waals surface area contributed by atoms with Gasteiger partial charge in [0, 0.05) is 17.8 Å². The largest absolute Gasteiger partial charge is 0.366 e. The summed E-state index contributed by atoms with van der Waals surface area (Å²) in [5.41, 5.74) is 9.95. The van der Waals surface area contributed by atoms with Gasteiger partial charge in [-0.3, -0.25) is 0 Å². The minimum absolute atomic E-state index is 0.580. The Bertz CT molecular complexity index is 385. The lowest BCUT2D eigenvalue weighted by molar-refractivity contribution is 0.605. The van der Waals surface area contributed by atoms with Gasteiger partial charge in [-0.1, -0.05) is 12.1 Å². The van der Waals surface area contributed by atoms with Crippen LogP contribution in [0.15, 0.2) is 18.2 Å². The standard InChI is InChI=1S/C15H24N2/c1-11(2)17-12(3)9-14-7-6-13(5-4-8-16)10-15(14)17/h6-7,10-12H,4-5,8-9,16H2,1-3H3. The van der Waals surface area contributed by atoms with Gasteiger partial charge in [-0.15, -0.1) is 0 Å². The molecule has 0 spiro atoms. The van der Waals surface area contributed by atoms with Crippen molar-refractivity contribution in [3.05, 3.63) is 29.3 Å². The first kappa shape index (κ1) is 12.4. The Hall–Kier alpha value is -1.02. The lowest BCUT2D eigenvalue weighted by Gasteiger charge is -2.29. The molecular formula is C15H24N2. The zero-order valence-corrected chi connectivity index (χ0v) is 11.2. The van der Waals surface area contributed by atoms with Gasteiger partial charge in [0.2, 0.25) is 0 Å². The van der Waals surface area contributed by atoms with E-state index in [1.54, 1.807) is 0 Å². The smallest absolute Gasteiger partial charge is 0.0407 e. The van der Waals surface area contributed by atoms with E-state index in [1.165, 1.54) is 23.2 Å². The van der Waals surface area contributed by atoms with Crippen molar-refractivity contribution in [2.45, 2.75) is 52.1 Å². The number of anilines is 1. The Morgan fingerprint density at radius 2 is 2.18 bits per heavy atom. The van der Waals surface area contributed by atoms with E-state index in [2.05, 4.69) is 43.9 Å². The van der Waals surface area contributed by atoms with Crippen LogP contribution in [0.25, 0.3) is 0 Å². The molecule has 0 bridgehead atoms.